The Bertz CT molecular complexity index is 1390. The molecule has 0 unspecified atom stereocenters. The maximum absolute atomic E-state index is 12.9. The summed E-state index contributed by atoms with van der Waals surface area (Å²) in [6.07, 6.45) is 8.98. The minimum Gasteiger partial charge on any atom is -0.319 e. The maximum atomic E-state index is 12.9. The van der Waals surface area contributed by atoms with E-state index in [1.807, 2.05) is 16.9 Å². The fourth-order valence-electron chi connectivity index (χ4n) is 4.23. The largest absolute Gasteiger partial charge is 0.323 e. The van der Waals surface area contributed by atoms with E-state index in [4.69, 9.17) is 11.6 Å². The third-order valence-corrected chi connectivity index (χ3v) is 6.46. The van der Waals surface area contributed by atoms with Crippen LogP contribution in [0.2, 0.25) is 5.02 Å². The van der Waals surface area contributed by atoms with Gasteiger partial charge in [-0.1, -0.05) is 29.8 Å². The van der Waals surface area contributed by atoms with E-state index < -0.39 is 6.03 Å². The highest BCUT2D eigenvalue weighted by molar-refractivity contribution is 6.33. The number of nitrogens with zero attached hydrogens (tertiary/aromatic N) is 4. The van der Waals surface area contributed by atoms with E-state index in [1.54, 1.807) is 59.5 Å². The van der Waals surface area contributed by atoms with Gasteiger partial charge in [-0.15, -0.1) is 0 Å². The summed E-state index contributed by atoms with van der Waals surface area (Å²) < 4.78 is 3.47. The van der Waals surface area contributed by atoms with E-state index in [1.165, 1.54) is 6.20 Å². The molecule has 0 bridgehead atoms. The minimum atomic E-state index is -0.443. The van der Waals surface area contributed by atoms with Crippen molar-refractivity contribution in [2.45, 2.75) is 19.4 Å². The highest BCUT2D eigenvalue weighted by atomic mass is 35.5. The van der Waals surface area contributed by atoms with E-state index in [-0.39, 0.29) is 5.91 Å². The summed E-state index contributed by atoms with van der Waals surface area (Å²) in [6, 6.07) is 13.6. The second-order valence-corrected chi connectivity index (χ2v) is 9.29. The van der Waals surface area contributed by atoms with Crippen LogP contribution in [0.3, 0.4) is 0 Å². The molecule has 4 N–H and O–H groups in total. The highest BCUT2D eigenvalue weighted by Crippen LogP contribution is 2.21. The number of anilines is 3. The van der Waals surface area contributed by atoms with Gasteiger partial charge in [0.1, 0.15) is 0 Å². The van der Waals surface area contributed by atoms with Crippen LogP contribution in [0.15, 0.2) is 73.3 Å². The van der Waals surface area contributed by atoms with Gasteiger partial charge in [0.15, 0.2) is 0 Å². The minimum absolute atomic E-state index is 0.243. The first-order valence-electron chi connectivity index (χ1n) is 12.1. The van der Waals surface area contributed by atoms with E-state index >= 15 is 0 Å². The van der Waals surface area contributed by atoms with E-state index in [0.29, 0.717) is 39.3 Å². The van der Waals surface area contributed by atoms with Crippen molar-refractivity contribution in [2.24, 2.45) is 5.92 Å². The molecule has 0 spiro atoms. The molecule has 4 aromatic rings. The number of benzene rings is 2. The molecular formula is C26H27ClN8O2. The molecule has 2 aromatic carbocycles. The first-order valence-corrected chi connectivity index (χ1v) is 12.4. The molecule has 1 aliphatic rings. The summed E-state index contributed by atoms with van der Waals surface area (Å²) in [5.41, 5.74) is 2.79. The molecule has 2 aromatic heterocycles. The van der Waals surface area contributed by atoms with Gasteiger partial charge in [-0.3, -0.25) is 9.48 Å². The van der Waals surface area contributed by atoms with Gasteiger partial charge in [0, 0.05) is 18.3 Å². The molecular weight excluding hydrogens is 492 g/mol. The second-order valence-electron chi connectivity index (χ2n) is 8.88. The number of nitrogens with one attached hydrogen (secondary N) is 4. The molecule has 0 atom stereocenters. The monoisotopic (exact) mass is 518 g/mol. The fraction of sp³-hybridized carbons (Fsp3) is 0.231. The number of carbonyl (C=O) groups excluding carboxylic acids is 2. The second kappa shape index (κ2) is 11.3. The first-order chi connectivity index (χ1) is 18.0. The number of hydrogen-bond donors (Lipinski definition) is 4. The molecule has 0 aliphatic carbocycles. The van der Waals surface area contributed by atoms with Crippen molar-refractivity contribution in [2.75, 3.05) is 29.0 Å². The Morgan fingerprint density at radius 2 is 1.73 bits per heavy atom. The van der Waals surface area contributed by atoms with Gasteiger partial charge < -0.3 is 21.3 Å². The standard InChI is InChI=1S/C26H27ClN8O2/c27-23-6-1-2-7-24(23)33-26(37)32-21-14-30-35(17-21)22-5-3-4-19(12-22)25(36)31-20-13-29-34(16-20)15-18-8-10-28-11-9-18/h1-7,12-14,16-18,28H,8-11,15H2,(H,31,36)(H2,32,33,37). The Morgan fingerprint density at radius 1 is 0.946 bits per heavy atom. The Morgan fingerprint density at radius 3 is 2.57 bits per heavy atom. The number of carbonyl (C=O) groups is 2. The average Bonchev–Trinajstić information content (AvgIpc) is 3.55. The number of aromatic nitrogens is 4. The summed E-state index contributed by atoms with van der Waals surface area (Å²) in [5, 5.41) is 20.9. The highest BCUT2D eigenvalue weighted by Gasteiger charge is 2.15. The molecule has 1 aliphatic heterocycles. The molecule has 5 rings (SSSR count). The van der Waals surface area contributed by atoms with Gasteiger partial charge in [0.25, 0.3) is 5.91 Å². The first kappa shape index (κ1) is 24.5. The van der Waals surface area contributed by atoms with Crippen LogP contribution in [-0.4, -0.2) is 44.6 Å². The molecule has 1 fully saturated rings. The zero-order valence-electron chi connectivity index (χ0n) is 20.0. The summed E-state index contributed by atoms with van der Waals surface area (Å²) in [4.78, 5) is 25.2. The number of amides is 3. The van der Waals surface area contributed by atoms with E-state index in [2.05, 4.69) is 31.5 Å². The number of halogens is 1. The topological polar surface area (TPSA) is 118 Å². The molecule has 1 saturated heterocycles. The molecule has 10 nitrogen and oxygen atoms in total. The van der Waals surface area contributed by atoms with Gasteiger partial charge in [-0.2, -0.15) is 10.2 Å². The lowest BCUT2D eigenvalue weighted by atomic mass is 9.98. The number of piperidine rings is 1. The number of urea groups is 1. The Labute approximate surface area is 219 Å². The summed E-state index contributed by atoms with van der Waals surface area (Å²) >= 11 is 6.09. The zero-order chi connectivity index (χ0) is 25.6. The van der Waals surface area contributed by atoms with Crippen molar-refractivity contribution in [1.82, 2.24) is 24.9 Å². The van der Waals surface area contributed by atoms with Crippen LogP contribution in [0.25, 0.3) is 5.69 Å². The molecule has 3 heterocycles. The quantitative estimate of drug-likeness (QED) is 0.285. The van der Waals surface area contributed by atoms with Crippen molar-refractivity contribution >= 4 is 40.6 Å². The molecule has 3 amide bonds. The van der Waals surface area contributed by atoms with E-state index in [0.717, 1.165) is 32.5 Å². The predicted molar refractivity (Wildman–Crippen MR) is 143 cm³/mol. The molecule has 37 heavy (non-hydrogen) atoms. The van der Waals surface area contributed by atoms with Crippen LogP contribution in [0, 0.1) is 5.92 Å². The molecule has 0 saturated carbocycles. The Hall–Kier alpha value is -4.15. The van der Waals surface area contributed by atoms with Crippen molar-refractivity contribution < 1.29 is 9.59 Å². The van der Waals surface area contributed by atoms with Gasteiger partial charge >= 0.3 is 6.03 Å². The number of rotatable bonds is 7. The maximum Gasteiger partial charge on any atom is 0.323 e. The third-order valence-electron chi connectivity index (χ3n) is 6.13. The smallest absolute Gasteiger partial charge is 0.319 e. The van der Waals surface area contributed by atoms with Crippen molar-refractivity contribution in [3.63, 3.8) is 0 Å². The van der Waals surface area contributed by atoms with E-state index in [9.17, 15) is 9.59 Å². The Kier molecular flexibility index (Phi) is 7.48. The third kappa shape index (κ3) is 6.35. The fourth-order valence-corrected chi connectivity index (χ4v) is 4.41. The normalized spacial score (nSPS) is 13.8. The lowest BCUT2D eigenvalue weighted by Gasteiger charge is -2.22. The molecule has 0 radical (unpaired) electrons. The van der Waals surface area contributed by atoms with Gasteiger partial charge in [-0.05, 0) is 62.2 Å². The summed E-state index contributed by atoms with van der Waals surface area (Å²) in [6.45, 7) is 2.92. The number of para-hydroxylation sites is 1. The van der Waals surface area contributed by atoms with Crippen LogP contribution < -0.4 is 21.3 Å². The SMILES string of the molecule is O=C(Nc1cnn(-c2cccc(C(=O)Nc3cnn(CC4CCNCC4)c3)c2)c1)Nc1ccccc1Cl. The summed E-state index contributed by atoms with van der Waals surface area (Å²) in [5.74, 6) is 0.352. The van der Waals surface area contributed by atoms with Crippen molar-refractivity contribution in [3.05, 3.63) is 83.9 Å². The van der Waals surface area contributed by atoms with Crippen molar-refractivity contribution in [3.8, 4) is 5.69 Å². The van der Waals surface area contributed by atoms with Gasteiger partial charge in [0.2, 0.25) is 0 Å². The zero-order valence-corrected chi connectivity index (χ0v) is 20.8. The van der Waals surface area contributed by atoms with Crippen molar-refractivity contribution in [1.29, 1.82) is 0 Å². The Balaban J connectivity index is 1.20. The summed E-state index contributed by atoms with van der Waals surface area (Å²) in [7, 11) is 0. The van der Waals surface area contributed by atoms with Crippen LogP contribution in [0.5, 0.6) is 0 Å². The molecule has 11 heteroatoms. The van der Waals surface area contributed by atoms with Gasteiger partial charge in [-0.25, -0.2) is 9.48 Å². The van der Waals surface area contributed by atoms with Crippen LogP contribution in [0.4, 0.5) is 21.9 Å². The number of hydrogen-bond acceptors (Lipinski definition) is 5. The van der Waals surface area contributed by atoms with Crippen LogP contribution in [0.1, 0.15) is 23.2 Å². The molecule has 190 valence electrons. The van der Waals surface area contributed by atoms with Crippen LogP contribution in [-0.2, 0) is 6.54 Å². The lowest BCUT2D eigenvalue weighted by Crippen LogP contribution is -2.29. The predicted octanol–water partition coefficient (Wildman–Crippen LogP) is 4.62. The van der Waals surface area contributed by atoms with Gasteiger partial charge in [0.05, 0.1) is 46.4 Å². The van der Waals surface area contributed by atoms with Crippen LogP contribution >= 0.6 is 11.6 Å². The average molecular weight is 519 g/mol. The lowest BCUT2D eigenvalue weighted by molar-refractivity contribution is 0.102.